The molecule has 0 fully saturated rings. The molecule has 0 saturated heterocycles. The normalized spacial score (nSPS) is 12.7. The fourth-order valence-corrected chi connectivity index (χ4v) is 3.66. The smallest absolute Gasteiger partial charge is 0.358 e. The van der Waals surface area contributed by atoms with Crippen LogP contribution in [0.25, 0.3) is 5.69 Å². The lowest BCUT2D eigenvalue weighted by Crippen LogP contribution is -2.23. The quantitative estimate of drug-likeness (QED) is 0.366. The molecule has 156 valence electrons. The molecule has 0 atom stereocenters. The van der Waals surface area contributed by atoms with Crippen LogP contribution in [0.5, 0.6) is 0 Å². The number of halogens is 8. The highest BCUT2D eigenvalue weighted by molar-refractivity contribution is 7.92. The second-order valence-corrected chi connectivity index (χ2v) is 7.77. The van der Waals surface area contributed by atoms with E-state index in [1.165, 1.54) is 0 Å². The molecular weight excluding hydrogens is 481 g/mol. The molecule has 1 heterocycles. The van der Waals surface area contributed by atoms with Gasteiger partial charge in [-0.15, -0.1) is 0 Å². The van der Waals surface area contributed by atoms with Crippen LogP contribution >= 0.6 is 23.2 Å². The van der Waals surface area contributed by atoms with E-state index in [1.807, 2.05) is 0 Å². The summed E-state index contributed by atoms with van der Waals surface area (Å²) >= 11 is 11.3. The minimum absolute atomic E-state index is 0.115. The van der Waals surface area contributed by atoms with Crippen molar-refractivity contribution < 1.29 is 39.7 Å². The summed E-state index contributed by atoms with van der Waals surface area (Å²) in [7, 11) is -5.94. The maximum atomic E-state index is 13.0. The van der Waals surface area contributed by atoms with Gasteiger partial charge < -0.3 is 10.1 Å². The molecule has 1 aromatic heterocycles. The Morgan fingerprint density at radius 1 is 1.14 bits per heavy atom. The molecule has 0 radical (unpaired) electrons. The van der Waals surface area contributed by atoms with Crippen molar-refractivity contribution in [1.82, 2.24) is 9.78 Å². The Bertz CT molecular complexity index is 1140. The summed E-state index contributed by atoms with van der Waals surface area (Å²) in [5.41, 5.74) is -10.2. The number of nitro groups is 1. The van der Waals surface area contributed by atoms with Crippen LogP contribution in [0.3, 0.4) is 0 Å². The summed E-state index contributed by atoms with van der Waals surface area (Å²) in [5.74, 6) is -1.53. The molecule has 0 aliphatic heterocycles. The molecule has 2 rings (SSSR count). The zero-order valence-electron chi connectivity index (χ0n) is 13.0. The number of hydrogen-bond donors (Lipinski definition) is 0. The largest absolute Gasteiger partial charge is 0.501 e. The molecule has 17 heteroatoms. The van der Waals surface area contributed by atoms with E-state index in [0.29, 0.717) is 0 Å². The first-order valence-corrected chi connectivity index (χ1v) is 8.83. The number of nitriles is 1. The van der Waals surface area contributed by atoms with E-state index in [2.05, 4.69) is 5.10 Å². The standard InChI is InChI=1S/C12H2Cl2F6N4O4S/c13-6-1-4(29(27,28)12(18,19)20)2-7(14)8(6)23-10(24(25)26)5(3-21)9(22-23)11(15,16)17/h1-2H. The van der Waals surface area contributed by atoms with E-state index in [9.17, 15) is 44.9 Å². The van der Waals surface area contributed by atoms with Crippen molar-refractivity contribution in [2.24, 2.45) is 0 Å². The van der Waals surface area contributed by atoms with Gasteiger partial charge in [0.1, 0.15) is 6.07 Å². The third-order valence-corrected chi connectivity index (χ3v) is 5.27. The Hall–Kier alpha value is -2.57. The predicted octanol–water partition coefficient (Wildman–Crippen LogP) is 4.27. The van der Waals surface area contributed by atoms with Gasteiger partial charge in [-0.1, -0.05) is 33.0 Å². The van der Waals surface area contributed by atoms with Crippen LogP contribution in [0, 0.1) is 21.4 Å². The van der Waals surface area contributed by atoms with Crippen LogP contribution < -0.4 is 0 Å². The maximum Gasteiger partial charge on any atom is 0.501 e. The number of benzene rings is 1. The van der Waals surface area contributed by atoms with Crippen LogP contribution in [0.2, 0.25) is 10.0 Å². The molecular formula is C12H2Cl2F6N4O4S. The van der Waals surface area contributed by atoms with Gasteiger partial charge >= 0.3 is 17.5 Å². The summed E-state index contributed by atoms with van der Waals surface area (Å²) in [6, 6.07) is 1.31. The van der Waals surface area contributed by atoms with E-state index < -0.39 is 64.1 Å². The minimum Gasteiger partial charge on any atom is -0.358 e. The second-order valence-electron chi connectivity index (χ2n) is 5.01. The molecule has 8 nitrogen and oxygen atoms in total. The lowest BCUT2D eigenvalue weighted by atomic mass is 10.2. The van der Waals surface area contributed by atoms with Gasteiger partial charge in [0.05, 0.1) is 14.9 Å². The Balaban J connectivity index is 2.89. The van der Waals surface area contributed by atoms with E-state index in [4.69, 9.17) is 28.5 Å². The van der Waals surface area contributed by atoms with Crippen molar-refractivity contribution in [2.45, 2.75) is 16.6 Å². The van der Waals surface area contributed by atoms with Crippen LogP contribution in [0.4, 0.5) is 32.2 Å². The predicted molar refractivity (Wildman–Crippen MR) is 83.2 cm³/mol. The fourth-order valence-electron chi connectivity index (χ4n) is 2.07. The average Bonchev–Trinajstić information content (AvgIpc) is 2.92. The first kappa shape index (κ1) is 22.7. The van der Waals surface area contributed by atoms with E-state index in [-0.39, 0.29) is 16.8 Å². The molecule has 29 heavy (non-hydrogen) atoms. The SMILES string of the molecule is N#Cc1c(C(F)(F)F)nn(-c2c(Cl)cc(S(=O)(=O)C(F)(F)F)cc2Cl)c1[N+](=O)[O-]. The van der Waals surface area contributed by atoms with E-state index in [0.717, 1.165) is 6.07 Å². The average molecular weight is 483 g/mol. The third-order valence-electron chi connectivity index (χ3n) is 3.23. The summed E-state index contributed by atoms with van der Waals surface area (Å²) in [4.78, 5) is 8.31. The van der Waals surface area contributed by atoms with E-state index >= 15 is 0 Å². The number of nitrogens with zero attached hydrogens (tertiary/aromatic N) is 4. The third kappa shape index (κ3) is 3.82. The van der Waals surface area contributed by atoms with Crippen molar-refractivity contribution in [3.8, 4) is 11.8 Å². The van der Waals surface area contributed by atoms with Gasteiger partial charge in [-0.25, -0.2) is 8.42 Å². The summed E-state index contributed by atoms with van der Waals surface area (Å²) in [5, 5.41) is 20.9. The first-order chi connectivity index (χ1) is 13.0. The molecule has 0 amide bonds. The number of alkyl halides is 6. The molecule has 0 N–H and O–H groups in total. The Morgan fingerprint density at radius 3 is 1.97 bits per heavy atom. The van der Waals surface area contributed by atoms with Crippen molar-refractivity contribution in [2.75, 3.05) is 0 Å². The van der Waals surface area contributed by atoms with E-state index in [1.54, 1.807) is 0 Å². The number of aromatic nitrogens is 2. The fraction of sp³-hybridized carbons (Fsp3) is 0.167. The molecule has 0 bridgehead atoms. The van der Waals surface area contributed by atoms with Crippen molar-refractivity contribution in [3.05, 3.63) is 43.5 Å². The van der Waals surface area contributed by atoms with Gasteiger partial charge in [-0.05, 0) is 17.1 Å². The van der Waals surface area contributed by atoms with Gasteiger partial charge in [0.25, 0.3) is 9.84 Å². The number of hydrogen-bond acceptors (Lipinski definition) is 6. The highest BCUT2D eigenvalue weighted by atomic mass is 35.5. The Kier molecular flexibility index (Phi) is 5.51. The molecule has 0 aliphatic rings. The highest BCUT2D eigenvalue weighted by Gasteiger charge is 2.48. The van der Waals surface area contributed by atoms with Gasteiger partial charge in [0.15, 0.2) is 11.3 Å². The van der Waals surface area contributed by atoms with Crippen LogP contribution in [0.1, 0.15) is 11.3 Å². The zero-order valence-corrected chi connectivity index (χ0v) is 15.3. The summed E-state index contributed by atoms with van der Waals surface area (Å²) in [6.45, 7) is 0. The summed E-state index contributed by atoms with van der Waals surface area (Å²) < 4.78 is 99.9. The summed E-state index contributed by atoms with van der Waals surface area (Å²) in [6.07, 6.45) is -5.32. The molecule has 1 aromatic carbocycles. The van der Waals surface area contributed by atoms with Crippen molar-refractivity contribution in [1.29, 1.82) is 5.26 Å². The zero-order chi connectivity index (χ0) is 22.5. The number of rotatable bonds is 3. The highest BCUT2D eigenvalue weighted by Crippen LogP contribution is 2.41. The van der Waals surface area contributed by atoms with Gasteiger partial charge in [-0.3, -0.25) is 0 Å². The van der Waals surface area contributed by atoms with Crippen molar-refractivity contribution >= 4 is 38.9 Å². The monoisotopic (exact) mass is 482 g/mol. The topological polar surface area (TPSA) is 119 Å². The van der Waals surface area contributed by atoms with Gasteiger partial charge in [0, 0.05) is 0 Å². The first-order valence-electron chi connectivity index (χ1n) is 6.59. The van der Waals surface area contributed by atoms with Crippen LogP contribution in [0.15, 0.2) is 17.0 Å². The van der Waals surface area contributed by atoms with Crippen LogP contribution in [-0.2, 0) is 16.0 Å². The molecule has 2 aromatic rings. The molecule has 0 spiro atoms. The Labute approximate surface area is 165 Å². The number of sulfone groups is 1. The van der Waals surface area contributed by atoms with Gasteiger partial charge in [-0.2, -0.15) is 31.6 Å². The minimum atomic E-state index is -5.94. The lowest BCUT2D eigenvalue weighted by Gasteiger charge is -2.10. The molecule has 0 unspecified atom stereocenters. The maximum absolute atomic E-state index is 13.0. The van der Waals surface area contributed by atoms with Crippen molar-refractivity contribution in [3.63, 3.8) is 0 Å². The van der Waals surface area contributed by atoms with Crippen LogP contribution in [-0.4, -0.2) is 28.6 Å². The van der Waals surface area contributed by atoms with Gasteiger partial charge in [0.2, 0.25) is 5.69 Å². The lowest BCUT2D eigenvalue weighted by molar-refractivity contribution is -0.391. The molecule has 0 aliphatic carbocycles. The second kappa shape index (κ2) is 7.04. The molecule has 0 saturated carbocycles. The Morgan fingerprint density at radius 2 is 1.62 bits per heavy atom.